The van der Waals surface area contributed by atoms with E-state index in [2.05, 4.69) is 48.9 Å². The summed E-state index contributed by atoms with van der Waals surface area (Å²) in [5, 5.41) is 7.85. The van der Waals surface area contributed by atoms with Gasteiger partial charge in [-0.1, -0.05) is 20.8 Å². The SMILES string of the molecule is CCNC(CCc1ccnn1CC)C(C)C. The van der Waals surface area contributed by atoms with Crippen molar-refractivity contribution in [1.29, 1.82) is 0 Å². The molecule has 0 aliphatic heterocycles. The summed E-state index contributed by atoms with van der Waals surface area (Å²) in [5.74, 6) is 0.693. The van der Waals surface area contributed by atoms with Gasteiger partial charge in [0.15, 0.2) is 0 Å². The van der Waals surface area contributed by atoms with E-state index in [0.29, 0.717) is 12.0 Å². The molecule has 0 aliphatic rings. The molecule has 3 nitrogen and oxygen atoms in total. The van der Waals surface area contributed by atoms with Gasteiger partial charge in [0.25, 0.3) is 0 Å². The summed E-state index contributed by atoms with van der Waals surface area (Å²) in [4.78, 5) is 0. The summed E-state index contributed by atoms with van der Waals surface area (Å²) in [6.07, 6.45) is 4.21. The lowest BCUT2D eigenvalue weighted by molar-refractivity contribution is 0.381. The van der Waals surface area contributed by atoms with Crippen LogP contribution in [0, 0.1) is 5.92 Å². The molecule has 0 aliphatic carbocycles. The van der Waals surface area contributed by atoms with Crippen molar-refractivity contribution in [2.75, 3.05) is 6.54 Å². The Morgan fingerprint density at radius 1 is 1.38 bits per heavy atom. The molecule has 1 aromatic rings. The zero-order valence-corrected chi connectivity index (χ0v) is 11.0. The third-order valence-corrected chi connectivity index (χ3v) is 3.09. The summed E-state index contributed by atoms with van der Waals surface area (Å²) in [6, 6.07) is 2.75. The Hall–Kier alpha value is -0.830. The van der Waals surface area contributed by atoms with Gasteiger partial charge in [-0.3, -0.25) is 4.68 Å². The van der Waals surface area contributed by atoms with Crippen LogP contribution < -0.4 is 5.32 Å². The fourth-order valence-electron chi connectivity index (χ4n) is 2.09. The molecule has 0 saturated carbocycles. The molecular formula is C13H25N3. The fraction of sp³-hybridized carbons (Fsp3) is 0.769. The number of rotatable bonds is 7. The number of aryl methyl sites for hydroxylation is 2. The van der Waals surface area contributed by atoms with Crippen LogP contribution in [0.25, 0.3) is 0 Å². The molecule has 3 heteroatoms. The van der Waals surface area contributed by atoms with E-state index >= 15 is 0 Å². The Bertz CT molecular complexity index is 291. The zero-order valence-electron chi connectivity index (χ0n) is 11.0. The first kappa shape index (κ1) is 13.2. The predicted octanol–water partition coefficient (Wildman–Crippen LogP) is 2.47. The van der Waals surface area contributed by atoms with Gasteiger partial charge in [0.05, 0.1) is 0 Å². The van der Waals surface area contributed by atoms with Crippen molar-refractivity contribution >= 4 is 0 Å². The minimum atomic E-state index is 0.616. The molecule has 92 valence electrons. The van der Waals surface area contributed by atoms with Gasteiger partial charge in [0.1, 0.15) is 0 Å². The highest BCUT2D eigenvalue weighted by molar-refractivity contribution is 5.01. The Labute approximate surface area is 99.2 Å². The summed E-state index contributed by atoms with van der Waals surface area (Å²) in [7, 11) is 0. The van der Waals surface area contributed by atoms with Crippen LogP contribution in [0.15, 0.2) is 12.3 Å². The number of nitrogens with one attached hydrogen (secondary N) is 1. The first-order valence-electron chi connectivity index (χ1n) is 6.43. The second-order valence-corrected chi connectivity index (χ2v) is 4.59. The van der Waals surface area contributed by atoms with Gasteiger partial charge in [-0.05, 0) is 38.3 Å². The van der Waals surface area contributed by atoms with Gasteiger partial charge in [0.2, 0.25) is 0 Å². The molecular weight excluding hydrogens is 198 g/mol. The highest BCUT2D eigenvalue weighted by Gasteiger charge is 2.12. The van der Waals surface area contributed by atoms with E-state index in [1.807, 2.05) is 6.20 Å². The van der Waals surface area contributed by atoms with E-state index in [9.17, 15) is 0 Å². The quantitative estimate of drug-likeness (QED) is 0.769. The van der Waals surface area contributed by atoms with Gasteiger partial charge in [0, 0.05) is 24.5 Å². The lowest BCUT2D eigenvalue weighted by Crippen LogP contribution is -2.34. The third kappa shape index (κ3) is 3.63. The number of aromatic nitrogens is 2. The van der Waals surface area contributed by atoms with E-state index in [0.717, 1.165) is 19.5 Å². The van der Waals surface area contributed by atoms with Crippen molar-refractivity contribution < 1.29 is 0 Å². The molecule has 0 spiro atoms. The van der Waals surface area contributed by atoms with Crippen LogP contribution >= 0.6 is 0 Å². The monoisotopic (exact) mass is 223 g/mol. The first-order valence-corrected chi connectivity index (χ1v) is 6.43. The molecule has 1 heterocycles. The first-order chi connectivity index (χ1) is 7.69. The van der Waals surface area contributed by atoms with E-state index in [4.69, 9.17) is 0 Å². The van der Waals surface area contributed by atoms with Crippen LogP contribution in [0.5, 0.6) is 0 Å². The largest absolute Gasteiger partial charge is 0.314 e. The second kappa shape index (κ2) is 6.69. The van der Waals surface area contributed by atoms with Crippen LogP contribution in [0.1, 0.15) is 39.8 Å². The van der Waals surface area contributed by atoms with Crippen molar-refractivity contribution in [3.05, 3.63) is 18.0 Å². The smallest absolute Gasteiger partial charge is 0.0492 e. The number of hydrogen-bond donors (Lipinski definition) is 1. The molecule has 0 bridgehead atoms. The van der Waals surface area contributed by atoms with E-state index in [1.165, 1.54) is 12.1 Å². The molecule has 1 atom stereocenters. The molecule has 0 radical (unpaired) electrons. The van der Waals surface area contributed by atoms with Crippen LogP contribution in [0.2, 0.25) is 0 Å². The summed E-state index contributed by atoms with van der Waals surface area (Å²) in [6.45, 7) is 10.9. The van der Waals surface area contributed by atoms with Crippen molar-refractivity contribution in [2.24, 2.45) is 5.92 Å². The van der Waals surface area contributed by atoms with Gasteiger partial charge in [-0.15, -0.1) is 0 Å². The van der Waals surface area contributed by atoms with Gasteiger partial charge in [-0.25, -0.2) is 0 Å². The molecule has 1 rings (SSSR count). The minimum Gasteiger partial charge on any atom is -0.314 e. The van der Waals surface area contributed by atoms with Crippen LogP contribution in [-0.4, -0.2) is 22.4 Å². The second-order valence-electron chi connectivity index (χ2n) is 4.59. The molecule has 0 aromatic carbocycles. The molecule has 1 N–H and O–H groups in total. The molecule has 0 fully saturated rings. The highest BCUT2D eigenvalue weighted by atomic mass is 15.3. The summed E-state index contributed by atoms with van der Waals surface area (Å²) in [5.41, 5.74) is 1.35. The van der Waals surface area contributed by atoms with Crippen LogP contribution in [0.3, 0.4) is 0 Å². The lowest BCUT2D eigenvalue weighted by Gasteiger charge is -2.21. The van der Waals surface area contributed by atoms with Gasteiger partial charge >= 0.3 is 0 Å². The Balaban J connectivity index is 2.48. The van der Waals surface area contributed by atoms with Crippen molar-refractivity contribution in [1.82, 2.24) is 15.1 Å². The molecule has 0 saturated heterocycles. The Morgan fingerprint density at radius 3 is 2.69 bits per heavy atom. The maximum atomic E-state index is 4.30. The van der Waals surface area contributed by atoms with Crippen LogP contribution in [-0.2, 0) is 13.0 Å². The van der Waals surface area contributed by atoms with Crippen molar-refractivity contribution in [2.45, 2.75) is 53.1 Å². The molecule has 1 unspecified atom stereocenters. The van der Waals surface area contributed by atoms with Gasteiger partial charge < -0.3 is 5.32 Å². The van der Waals surface area contributed by atoms with E-state index < -0.39 is 0 Å². The predicted molar refractivity (Wildman–Crippen MR) is 68.5 cm³/mol. The molecule has 1 aromatic heterocycles. The van der Waals surface area contributed by atoms with E-state index in [-0.39, 0.29) is 0 Å². The van der Waals surface area contributed by atoms with Crippen molar-refractivity contribution in [3.63, 3.8) is 0 Å². The third-order valence-electron chi connectivity index (χ3n) is 3.09. The van der Waals surface area contributed by atoms with E-state index in [1.54, 1.807) is 0 Å². The molecule has 0 amide bonds. The zero-order chi connectivity index (χ0) is 12.0. The normalized spacial score (nSPS) is 13.3. The Kier molecular flexibility index (Phi) is 5.53. The number of hydrogen-bond acceptors (Lipinski definition) is 2. The van der Waals surface area contributed by atoms with Crippen LogP contribution in [0.4, 0.5) is 0 Å². The lowest BCUT2D eigenvalue weighted by atomic mass is 9.98. The Morgan fingerprint density at radius 2 is 2.12 bits per heavy atom. The topological polar surface area (TPSA) is 29.9 Å². The minimum absolute atomic E-state index is 0.616. The number of nitrogens with zero attached hydrogens (tertiary/aromatic N) is 2. The average molecular weight is 223 g/mol. The summed E-state index contributed by atoms with van der Waals surface area (Å²) < 4.78 is 2.09. The van der Waals surface area contributed by atoms with Crippen molar-refractivity contribution in [3.8, 4) is 0 Å². The van der Waals surface area contributed by atoms with Gasteiger partial charge in [-0.2, -0.15) is 5.10 Å². The molecule has 16 heavy (non-hydrogen) atoms. The summed E-state index contributed by atoms with van der Waals surface area (Å²) >= 11 is 0. The highest BCUT2D eigenvalue weighted by Crippen LogP contribution is 2.11. The average Bonchev–Trinajstić information content (AvgIpc) is 2.71. The maximum Gasteiger partial charge on any atom is 0.0492 e. The maximum absolute atomic E-state index is 4.30. The fourth-order valence-corrected chi connectivity index (χ4v) is 2.09. The standard InChI is InChI=1S/C13H25N3/c1-5-14-13(11(3)4)8-7-12-9-10-15-16(12)6-2/h9-11,13-14H,5-8H2,1-4H3.